The summed E-state index contributed by atoms with van der Waals surface area (Å²) >= 11 is 0. The standard InChI is InChI=1S/C22H17N3O4/c1-15(16-7-3-2-4-8-16)24-22(26)17(14-23)13-18-11-12-21(29-18)19-9-5-6-10-20(19)25(27)28/h2-13,15H,1H3,(H,24,26). The number of nitriles is 1. The van der Waals surface area contributed by atoms with Gasteiger partial charge in [-0.3, -0.25) is 14.9 Å². The van der Waals surface area contributed by atoms with Gasteiger partial charge in [-0.25, -0.2) is 0 Å². The minimum Gasteiger partial charge on any atom is -0.456 e. The number of nitrogens with one attached hydrogen (secondary N) is 1. The first-order chi connectivity index (χ1) is 14.0. The van der Waals surface area contributed by atoms with Gasteiger partial charge in [0, 0.05) is 12.1 Å². The van der Waals surface area contributed by atoms with Crippen molar-refractivity contribution in [2.45, 2.75) is 13.0 Å². The molecule has 0 saturated carbocycles. The van der Waals surface area contributed by atoms with Gasteiger partial charge in [-0.2, -0.15) is 5.26 Å². The van der Waals surface area contributed by atoms with Crippen LogP contribution < -0.4 is 5.32 Å². The van der Waals surface area contributed by atoms with Gasteiger partial charge < -0.3 is 9.73 Å². The summed E-state index contributed by atoms with van der Waals surface area (Å²) in [7, 11) is 0. The molecule has 1 heterocycles. The first kappa shape index (κ1) is 19.6. The molecule has 0 aliphatic rings. The van der Waals surface area contributed by atoms with Crippen molar-refractivity contribution in [1.82, 2.24) is 5.32 Å². The topological polar surface area (TPSA) is 109 Å². The van der Waals surface area contributed by atoms with E-state index in [9.17, 15) is 20.2 Å². The zero-order valence-electron chi connectivity index (χ0n) is 15.5. The first-order valence-corrected chi connectivity index (χ1v) is 8.81. The Bertz CT molecular complexity index is 1110. The Morgan fingerprint density at radius 1 is 1.14 bits per heavy atom. The van der Waals surface area contributed by atoms with Gasteiger partial charge in [0.15, 0.2) is 0 Å². The van der Waals surface area contributed by atoms with E-state index in [1.807, 2.05) is 43.3 Å². The number of carbonyl (C=O) groups excluding carboxylic acids is 1. The summed E-state index contributed by atoms with van der Waals surface area (Å²) < 4.78 is 5.62. The van der Waals surface area contributed by atoms with Gasteiger partial charge in [0.1, 0.15) is 23.2 Å². The summed E-state index contributed by atoms with van der Waals surface area (Å²) in [6, 6.07) is 20.3. The van der Waals surface area contributed by atoms with E-state index in [4.69, 9.17) is 4.42 Å². The molecule has 0 aliphatic carbocycles. The van der Waals surface area contributed by atoms with E-state index >= 15 is 0 Å². The molecule has 0 aliphatic heterocycles. The number of benzene rings is 2. The van der Waals surface area contributed by atoms with Crippen LogP contribution >= 0.6 is 0 Å². The van der Waals surface area contributed by atoms with E-state index in [-0.39, 0.29) is 28.8 Å². The lowest BCUT2D eigenvalue weighted by Crippen LogP contribution is -2.27. The number of carbonyl (C=O) groups is 1. The summed E-state index contributed by atoms with van der Waals surface area (Å²) in [5.74, 6) is -0.0105. The summed E-state index contributed by atoms with van der Waals surface area (Å²) in [6.07, 6.45) is 1.31. The average Bonchev–Trinajstić information content (AvgIpc) is 3.21. The lowest BCUT2D eigenvalue weighted by molar-refractivity contribution is -0.384. The lowest BCUT2D eigenvalue weighted by atomic mass is 10.1. The molecule has 29 heavy (non-hydrogen) atoms. The quantitative estimate of drug-likeness (QED) is 0.287. The van der Waals surface area contributed by atoms with E-state index in [2.05, 4.69) is 5.32 Å². The third-order valence-electron chi connectivity index (χ3n) is 4.29. The van der Waals surface area contributed by atoms with Crippen molar-refractivity contribution >= 4 is 17.7 Å². The molecular formula is C22H17N3O4. The van der Waals surface area contributed by atoms with Crippen LogP contribution in [0.2, 0.25) is 0 Å². The molecule has 0 bridgehead atoms. The van der Waals surface area contributed by atoms with Gasteiger partial charge >= 0.3 is 0 Å². The molecule has 1 aromatic heterocycles. The van der Waals surface area contributed by atoms with Crippen LogP contribution in [-0.4, -0.2) is 10.8 Å². The Morgan fingerprint density at radius 2 is 1.83 bits per heavy atom. The van der Waals surface area contributed by atoms with Crippen molar-refractivity contribution in [3.63, 3.8) is 0 Å². The molecule has 7 nitrogen and oxygen atoms in total. The molecule has 1 atom stereocenters. The second kappa shape index (κ2) is 8.67. The number of nitro benzene ring substituents is 1. The van der Waals surface area contributed by atoms with Gasteiger partial charge in [0.05, 0.1) is 16.5 Å². The third kappa shape index (κ3) is 4.57. The van der Waals surface area contributed by atoms with E-state index in [1.165, 1.54) is 12.1 Å². The molecule has 0 radical (unpaired) electrons. The molecule has 0 saturated heterocycles. The Morgan fingerprint density at radius 3 is 2.52 bits per heavy atom. The minimum atomic E-state index is -0.535. The second-order valence-corrected chi connectivity index (χ2v) is 6.25. The van der Waals surface area contributed by atoms with Crippen molar-refractivity contribution in [2.24, 2.45) is 0 Å². The van der Waals surface area contributed by atoms with Crippen molar-refractivity contribution in [2.75, 3.05) is 0 Å². The van der Waals surface area contributed by atoms with Crippen LogP contribution in [0.3, 0.4) is 0 Å². The van der Waals surface area contributed by atoms with Gasteiger partial charge in [-0.1, -0.05) is 42.5 Å². The minimum absolute atomic E-state index is 0.0904. The van der Waals surface area contributed by atoms with Crippen LogP contribution in [0.15, 0.2) is 76.7 Å². The number of hydrogen-bond acceptors (Lipinski definition) is 5. The maximum absolute atomic E-state index is 12.4. The summed E-state index contributed by atoms with van der Waals surface area (Å²) in [4.78, 5) is 23.1. The first-order valence-electron chi connectivity index (χ1n) is 8.81. The normalized spacial score (nSPS) is 12.1. The maximum Gasteiger partial charge on any atom is 0.280 e. The molecule has 3 rings (SSSR count). The number of rotatable bonds is 6. The van der Waals surface area contributed by atoms with Crippen molar-refractivity contribution in [1.29, 1.82) is 5.26 Å². The van der Waals surface area contributed by atoms with Crippen molar-refractivity contribution in [3.8, 4) is 17.4 Å². The Balaban J connectivity index is 1.81. The molecule has 7 heteroatoms. The smallest absolute Gasteiger partial charge is 0.280 e. The molecule has 1 N–H and O–H groups in total. The van der Waals surface area contributed by atoms with Gasteiger partial charge in [0.25, 0.3) is 11.6 Å². The summed E-state index contributed by atoms with van der Waals surface area (Å²) in [6.45, 7) is 1.82. The highest BCUT2D eigenvalue weighted by molar-refractivity contribution is 6.01. The molecule has 1 unspecified atom stereocenters. The number of para-hydroxylation sites is 1. The number of nitro groups is 1. The second-order valence-electron chi connectivity index (χ2n) is 6.25. The van der Waals surface area contributed by atoms with Crippen LogP contribution in [0.25, 0.3) is 17.4 Å². The largest absolute Gasteiger partial charge is 0.456 e. The van der Waals surface area contributed by atoms with Crippen molar-refractivity contribution in [3.05, 3.63) is 93.7 Å². The summed E-state index contributed by atoms with van der Waals surface area (Å²) in [5.41, 5.74) is 1.01. The molecule has 144 valence electrons. The number of hydrogen-bond donors (Lipinski definition) is 1. The molecule has 0 spiro atoms. The molecule has 2 aromatic carbocycles. The van der Waals surface area contributed by atoms with Gasteiger partial charge in [-0.05, 0) is 30.7 Å². The predicted molar refractivity (Wildman–Crippen MR) is 107 cm³/mol. The number of nitrogens with zero attached hydrogens (tertiary/aromatic N) is 2. The van der Waals surface area contributed by atoms with Crippen LogP contribution in [0.4, 0.5) is 5.69 Å². The Hall–Kier alpha value is -4.18. The SMILES string of the molecule is CC(NC(=O)C(C#N)=Cc1ccc(-c2ccccc2[N+](=O)[O-])o1)c1ccccc1. The number of furan rings is 1. The maximum atomic E-state index is 12.4. The van der Waals surface area contributed by atoms with Crippen LogP contribution in [-0.2, 0) is 4.79 Å². The fourth-order valence-corrected chi connectivity index (χ4v) is 2.81. The Labute approximate surface area is 167 Å². The Kier molecular flexibility index (Phi) is 5.85. The van der Waals surface area contributed by atoms with Crippen molar-refractivity contribution < 1.29 is 14.1 Å². The highest BCUT2D eigenvalue weighted by atomic mass is 16.6. The molecular weight excluding hydrogens is 370 g/mol. The zero-order chi connectivity index (χ0) is 20.8. The van der Waals surface area contributed by atoms with Crippen LogP contribution in [0.1, 0.15) is 24.3 Å². The fourth-order valence-electron chi connectivity index (χ4n) is 2.81. The summed E-state index contributed by atoms with van der Waals surface area (Å²) in [5, 5.41) is 23.3. The predicted octanol–water partition coefficient (Wildman–Crippen LogP) is 4.64. The van der Waals surface area contributed by atoms with Crippen LogP contribution in [0, 0.1) is 21.4 Å². The van der Waals surface area contributed by atoms with E-state index in [0.717, 1.165) is 5.56 Å². The zero-order valence-corrected chi connectivity index (χ0v) is 15.5. The van der Waals surface area contributed by atoms with Gasteiger partial charge in [0.2, 0.25) is 0 Å². The molecule has 0 fully saturated rings. The van der Waals surface area contributed by atoms with E-state index in [0.29, 0.717) is 5.56 Å². The number of amides is 1. The third-order valence-corrected chi connectivity index (χ3v) is 4.29. The highest BCUT2D eigenvalue weighted by Crippen LogP contribution is 2.31. The lowest BCUT2D eigenvalue weighted by Gasteiger charge is -2.13. The average molecular weight is 387 g/mol. The highest BCUT2D eigenvalue weighted by Gasteiger charge is 2.18. The van der Waals surface area contributed by atoms with Crippen LogP contribution in [0.5, 0.6) is 0 Å². The monoisotopic (exact) mass is 387 g/mol. The molecule has 3 aromatic rings. The molecule has 1 amide bonds. The van der Waals surface area contributed by atoms with E-state index < -0.39 is 10.8 Å². The van der Waals surface area contributed by atoms with Gasteiger partial charge in [-0.15, -0.1) is 0 Å². The van der Waals surface area contributed by atoms with E-state index in [1.54, 1.807) is 30.3 Å². The fraction of sp³-hybridized carbons (Fsp3) is 0.0909.